The maximum absolute atomic E-state index is 12.2. The summed E-state index contributed by atoms with van der Waals surface area (Å²) in [4.78, 5) is 12.2. The first-order chi connectivity index (χ1) is 9.04. The molecule has 3 N–H and O–H groups in total. The summed E-state index contributed by atoms with van der Waals surface area (Å²) in [5.41, 5.74) is 6.70. The molecular weight excluding hydrogens is 236 g/mol. The zero-order chi connectivity index (χ0) is 14.3. The average molecular weight is 258 g/mol. The van der Waals surface area contributed by atoms with Crippen LogP contribution in [-0.2, 0) is 0 Å². The lowest BCUT2D eigenvalue weighted by Crippen LogP contribution is -2.33. The van der Waals surface area contributed by atoms with Gasteiger partial charge in [-0.1, -0.05) is 37.8 Å². The summed E-state index contributed by atoms with van der Waals surface area (Å²) in [6.07, 6.45) is 0.961. The van der Waals surface area contributed by atoms with Crippen LogP contribution in [0.1, 0.15) is 43.1 Å². The van der Waals surface area contributed by atoms with Gasteiger partial charge in [-0.3, -0.25) is 4.79 Å². The number of nitrogens with two attached hydrogens (primary N) is 1. The second kappa shape index (κ2) is 7.60. The van der Waals surface area contributed by atoms with Gasteiger partial charge in [-0.25, -0.2) is 0 Å². The molecule has 0 aromatic heterocycles. The Labute approximate surface area is 115 Å². The first-order valence-electron chi connectivity index (χ1n) is 6.63. The van der Waals surface area contributed by atoms with Gasteiger partial charge in [0.15, 0.2) is 0 Å². The number of hydrogen-bond acceptors (Lipinski definition) is 2. The van der Waals surface area contributed by atoms with E-state index in [0.717, 1.165) is 12.0 Å². The standard InChI is InChI=1S/C16H22N2O/c1-12(2)11-13(3)18-16(19)15-9-5-4-7-14(15)8-6-10-17/h4-5,7,9,12-13H,10-11,17H2,1-3H3,(H,18,19). The van der Waals surface area contributed by atoms with Crippen molar-refractivity contribution in [2.45, 2.75) is 33.2 Å². The van der Waals surface area contributed by atoms with Crippen LogP contribution in [0, 0.1) is 17.8 Å². The molecule has 1 unspecified atom stereocenters. The zero-order valence-electron chi connectivity index (χ0n) is 11.9. The molecule has 0 aliphatic carbocycles. The van der Waals surface area contributed by atoms with E-state index in [0.29, 0.717) is 18.0 Å². The first kappa shape index (κ1) is 15.3. The number of rotatable bonds is 4. The van der Waals surface area contributed by atoms with E-state index >= 15 is 0 Å². The van der Waals surface area contributed by atoms with Gasteiger partial charge in [-0.2, -0.15) is 0 Å². The molecule has 0 heterocycles. The van der Waals surface area contributed by atoms with Crippen LogP contribution >= 0.6 is 0 Å². The van der Waals surface area contributed by atoms with E-state index in [4.69, 9.17) is 5.73 Å². The first-order valence-corrected chi connectivity index (χ1v) is 6.63. The van der Waals surface area contributed by atoms with Crippen LogP contribution in [0.25, 0.3) is 0 Å². The van der Waals surface area contributed by atoms with E-state index in [2.05, 4.69) is 31.0 Å². The van der Waals surface area contributed by atoms with Gasteiger partial charge in [0, 0.05) is 11.6 Å². The van der Waals surface area contributed by atoms with E-state index in [-0.39, 0.29) is 11.9 Å². The monoisotopic (exact) mass is 258 g/mol. The molecule has 1 rings (SSSR count). The van der Waals surface area contributed by atoms with Gasteiger partial charge in [-0.05, 0) is 31.4 Å². The van der Waals surface area contributed by atoms with Crippen molar-refractivity contribution in [2.75, 3.05) is 6.54 Å². The summed E-state index contributed by atoms with van der Waals surface area (Å²) in [7, 11) is 0. The molecule has 0 saturated carbocycles. The smallest absolute Gasteiger partial charge is 0.252 e. The highest BCUT2D eigenvalue weighted by Crippen LogP contribution is 2.09. The summed E-state index contributed by atoms with van der Waals surface area (Å²) in [5.74, 6) is 6.20. The summed E-state index contributed by atoms with van der Waals surface area (Å²) in [6, 6.07) is 7.50. The SMILES string of the molecule is CC(C)CC(C)NC(=O)c1ccccc1C#CCN. The van der Waals surface area contributed by atoms with Crippen molar-refractivity contribution >= 4 is 5.91 Å². The third kappa shape index (κ3) is 5.15. The number of carbonyl (C=O) groups is 1. The van der Waals surface area contributed by atoms with Gasteiger partial charge >= 0.3 is 0 Å². The summed E-state index contributed by atoms with van der Waals surface area (Å²) in [6.45, 7) is 6.60. The van der Waals surface area contributed by atoms with Crippen LogP contribution in [-0.4, -0.2) is 18.5 Å². The van der Waals surface area contributed by atoms with Crippen LogP contribution in [0.4, 0.5) is 0 Å². The van der Waals surface area contributed by atoms with Crippen molar-refractivity contribution in [1.29, 1.82) is 0 Å². The molecule has 1 amide bonds. The molecule has 0 fully saturated rings. The Morgan fingerprint density at radius 1 is 1.32 bits per heavy atom. The lowest BCUT2D eigenvalue weighted by atomic mass is 10.0. The van der Waals surface area contributed by atoms with E-state index in [9.17, 15) is 4.79 Å². The molecule has 0 spiro atoms. The van der Waals surface area contributed by atoms with Gasteiger partial charge in [-0.15, -0.1) is 0 Å². The van der Waals surface area contributed by atoms with Gasteiger partial charge in [0.05, 0.1) is 12.1 Å². The predicted octanol–water partition coefficient (Wildman–Crippen LogP) is 2.16. The minimum Gasteiger partial charge on any atom is -0.350 e. The fourth-order valence-corrected chi connectivity index (χ4v) is 2.00. The minimum absolute atomic E-state index is 0.0740. The molecule has 0 radical (unpaired) electrons. The molecule has 1 atom stereocenters. The Hall–Kier alpha value is -1.79. The van der Waals surface area contributed by atoms with Gasteiger partial charge in [0.2, 0.25) is 0 Å². The van der Waals surface area contributed by atoms with Crippen molar-refractivity contribution in [3.05, 3.63) is 35.4 Å². The Morgan fingerprint density at radius 3 is 2.63 bits per heavy atom. The maximum Gasteiger partial charge on any atom is 0.252 e. The Morgan fingerprint density at radius 2 is 2.00 bits per heavy atom. The van der Waals surface area contributed by atoms with Crippen molar-refractivity contribution in [3.8, 4) is 11.8 Å². The molecule has 19 heavy (non-hydrogen) atoms. The number of benzene rings is 1. The topological polar surface area (TPSA) is 55.1 Å². The quantitative estimate of drug-likeness (QED) is 0.813. The minimum atomic E-state index is -0.0740. The third-order valence-electron chi connectivity index (χ3n) is 2.70. The molecule has 3 heteroatoms. The molecule has 0 aliphatic heterocycles. The highest BCUT2D eigenvalue weighted by atomic mass is 16.1. The largest absolute Gasteiger partial charge is 0.350 e. The maximum atomic E-state index is 12.2. The molecule has 0 saturated heterocycles. The fraction of sp³-hybridized carbons (Fsp3) is 0.438. The third-order valence-corrected chi connectivity index (χ3v) is 2.70. The Bertz CT molecular complexity index is 483. The summed E-state index contributed by atoms with van der Waals surface area (Å²) in [5, 5.41) is 3.01. The van der Waals surface area contributed by atoms with Crippen molar-refractivity contribution in [3.63, 3.8) is 0 Å². The highest BCUT2D eigenvalue weighted by Gasteiger charge is 2.13. The normalized spacial score (nSPS) is 11.6. The lowest BCUT2D eigenvalue weighted by Gasteiger charge is -2.16. The molecule has 102 valence electrons. The number of amides is 1. The second-order valence-electron chi connectivity index (χ2n) is 5.06. The van der Waals surface area contributed by atoms with Gasteiger partial charge in [0.25, 0.3) is 5.91 Å². The van der Waals surface area contributed by atoms with E-state index < -0.39 is 0 Å². The molecule has 1 aromatic rings. The lowest BCUT2D eigenvalue weighted by molar-refractivity contribution is 0.0936. The van der Waals surface area contributed by atoms with E-state index in [1.54, 1.807) is 6.07 Å². The number of carbonyl (C=O) groups excluding carboxylic acids is 1. The van der Waals surface area contributed by atoms with Crippen LogP contribution in [0.15, 0.2) is 24.3 Å². The molecule has 0 bridgehead atoms. The molecule has 0 aliphatic rings. The second-order valence-corrected chi connectivity index (χ2v) is 5.06. The zero-order valence-corrected chi connectivity index (χ0v) is 11.9. The Kier molecular flexibility index (Phi) is 6.11. The Balaban J connectivity index is 2.82. The molecule has 3 nitrogen and oxygen atoms in total. The summed E-state index contributed by atoms with van der Waals surface area (Å²) >= 11 is 0. The van der Waals surface area contributed by atoms with Crippen molar-refractivity contribution in [2.24, 2.45) is 11.7 Å². The van der Waals surface area contributed by atoms with E-state index in [1.165, 1.54) is 0 Å². The van der Waals surface area contributed by atoms with Crippen LogP contribution in [0.3, 0.4) is 0 Å². The number of hydrogen-bond donors (Lipinski definition) is 2. The number of nitrogens with one attached hydrogen (secondary N) is 1. The predicted molar refractivity (Wildman–Crippen MR) is 78.8 cm³/mol. The van der Waals surface area contributed by atoms with Crippen molar-refractivity contribution < 1.29 is 4.79 Å². The fourth-order valence-electron chi connectivity index (χ4n) is 2.00. The molecular formula is C16H22N2O. The molecule has 1 aromatic carbocycles. The van der Waals surface area contributed by atoms with Gasteiger partial charge < -0.3 is 11.1 Å². The highest BCUT2D eigenvalue weighted by molar-refractivity contribution is 5.96. The van der Waals surface area contributed by atoms with Crippen molar-refractivity contribution in [1.82, 2.24) is 5.32 Å². The van der Waals surface area contributed by atoms with Crippen LogP contribution in [0.5, 0.6) is 0 Å². The van der Waals surface area contributed by atoms with E-state index in [1.807, 2.05) is 25.1 Å². The summed E-state index contributed by atoms with van der Waals surface area (Å²) < 4.78 is 0. The van der Waals surface area contributed by atoms with Crippen LogP contribution in [0.2, 0.25) is 0 Å². The van der Waals surface area contributed by atoms with Gasteiger partial charge in [0.1, 0.15) is 0 Å². The average Bonchev–Trinajstić information content (AvgIpc) is 2.35. The van der Waals surface area contributed by atoms with Crippen LogP contribution < -0.4 is 11.1 Å².